The zero-order chi connectivity index (χ0) is 23.7. The summed E-state index contributed by atoms with van der Waals surface area (Å²) in [4.78, 5) is 28.5. The summed E-state index contributed by atoms with van der Waals surface area (Å²) in [5.41, 5.74) is 1.56. The van der Waals surface area contributed by atoms with Crippen molar-refractivity contribution in [1.29, 1.82) is 0 Å². The first kappa shape index (κ1) is 22.5. The van der Waals surface area contributed by atoms with Crippen molar-refractivity contribution in [3.05, 3.63) is 53.4 Å². The topological polar surface area (TPSA) is 105 Å². The largest absolute Gasteiger partial charge is 0.465 e. The first-order valence-corrected chi connectivity index (χ1v) is 10.2. The van der Waals surface area contributed by atoms with Gasteiger partial charge in [0, 0.05) is 38.3 Å². The van der Waals surface area contributed by atoms with E-state index in [9.17, 15) is 14.7 Å². The number of hydrogen-bond acceptors (Lipinski definition) is 5. The van der Waals surface area contributed by atoms with E-state index in [4.69, 9.17) is 9.47 Å². The molecule has 1 aromatic carbocycles. The lowest BCUT2D eigenvalue weighted by Crippen LogP contribution is -2.45. The zero-order valence-corrected chi connectivity index (χ0v) is 18.0. The molecule has 11 heteroatoms. The fourth-order valence-electron chi connectivity index (χ4n) is 3.82. The summed E-state index contributed by atoms with van der Waals surface area (Å²) >= 11 is 0. The maximum absolute atomic E-state index is 15.1. The van der Waals surface area contributed by atoms with Gasteiger partial charge in [0.15, 0.2) is 0 Å². The number of imidazole rings is 1. The van der Waals surface area contributed by atoms with Crippen LogP contribution in [-0.2, 0) is 11.2 Å². The molecule has 2 N–H and O–H groups in total. The molecule has 1 aliphatic rings. The number of pyridine rings is 1. The summed E-state index contributed by atoms with van der Waals surface area (Å²) in [6.07, 6.45) is -0.507. The van der Waals surface area contributed by atoms with E-state index >= 15 is 8.78 Å². The van der Waals surface area contributed by atoms with Crippen LogP contribution in [-0.4, -0.2) is 64.4 Å². The van der Waals surface area contributed by atoms with Gasteiger partial charge in [-0.15, -0.1) is 0 Å². The number of nitrogens with zero attached hydrogens (tertiary/aromatic N) is 3. The normalized spacial score (nSPS) is 16.1. The lowest BCUT2D eigenvalue weighted by atomic mass is 10.0. The van der Waals surface area contributed by atoms with Gasteiger partial charge in [0.2, 0.25) is 0 Å². The number of carboxylic acid groups (broad SMARTS) is 1. The van der Waals surface area contributed by atoms with Crippen LogP contribution in [0, 0.1) is 18.6 Å². The number of rotatable bonds is 4. The van der Waals surface area contributed by atoms with Gasteiger partial charge < -0.3 is 29.2 Å². The third-order valence-corrected chi connectivity index (χ3v) is 5.38. The van der Waals surface area contributed by atoms with E-state index in [1.54, 1.807) is 16.7 Å². The predicted octanol–water partition coefficient (Wildman–Crippen LogP) is 3.23. The van der Waals surface area contributed by atoms with Crippen LogP contribution in [0.3, 0.4) is 0 Å². The van der Waals surface area contributed by atoms with Crippen molar-refractivity contribution in [2.24, 2.45) is 0 Å². The zero-order valence-electron chi connectivity index (χ0n) is 18.0. The first-order chi connectivity index (χ1) is 15.8. The molecular weight excluding hydrogens is 438 g/mol. The Kier molecular flexibility index (Phi) is 6.14. The van der Waals surface area contributed by atoms with Crippen LogP contribution in [0.25, 0.3) is 16.9 Å². The molecule has 0 spiro atoms. The van der Waals surface area contributed by atoms with E-state index in [1.807, 2.05) is 13.0 Å². The lowest BCUT2D eigenvalue weighted by molar-refractivity contribution is -0.0214. The molecule has 33 heavy (non-hydrogen) atoms. The van der Waals surface area contributed by atoms with Gasteiger partial charge in [-0.05, 0) is 24.6 Å². The van der Waals surface area contributed by atoms with Gasteiger partial charge in [-0.2, -0.15) is 0 Å². The number of amides is 2. The number of aryl methyl sites for hydroxylation is 1. The molecule has 1 aliphatic heterocycles. The van der Waals surface area contributed by atoms with Crippen LogP contribution in [0.15, 0.2) is 30.5 Å². The molecule has 1 fully saturated rings. The molecule has 3 aromatic rings. The molecule has 9 nitrogen and oxygen atoms in total. The van der Waals surface area contributed by atoms with Crippen molar-refractivity contribution in [2.45, 2.75) is 19.4 Å². The molecule has 3 heterocycles. The van der Waals surface area contributed by atoms with E-state index in [0.717, 1.165) is 17.7 Å². The monoisotopic (exact) mass is 460 g/mol. The fourth-order valence-corrected chi connectivity index (χ4v) is 3.82. The van der Waals surface area contributed by atoms with E-state index in [1.165, 1.54) is 11.9 Å². The Hall–Kier alpha value is -3.73. The molecule has 4 rings (SSSR count). The van der Waals surface area contributed by atoms with Crippen LogP contribution in [0.5, 0.6) is 5.75 Å². The van der Waals surface area contributed by atoms with Crippen LogP contribution in [0.1, 0.15) is 11.3 Å². The molecule has 1 atom stereocenters. The highest BCUT2D eigenvalue weighted by atomic mass is 19.1. The highest BCUT2D eigenvalue weighted by Gasteiger charge is 2.28. The van der Waals surface area contributed by atoms with Crippen molar-refractivity contribution in [3.8, 4) is 17.0 Å². The molecule has 1 saturated heterocycles. The number of ether oxygens (including phenoxy) is 2. The summed E-state index contributed by atoms with van der Waals surface area (Å²) in [6, 6.07) is 5.43. The summed E-state index contributed by atoms with van der Waals surface area (Å²) in [7, 11) is 1.33. The third-order valence-electron chi connectivity index (χ3n) is 5.38. The van der Waals surface area contributed by atoms with Crippen LogP contribution in [0.2, 0.25) is 0 Å². The van der Waals surface area contributed by atoms with Crippen molar-refractivity contribution < 1.29 is 33.0 Å². The van der Waals surface area contributed by atoms with Crippen LogP contribution in [0.4, 0.5) is 18.4 Å². The van der Waals surface area contributed by atoms with Crippen molar-refractivity contribution in [2.75, 3.05) is 26.7 Å². The van der Waals surface area contributed by atoms with E-state index in [2.05, 4.69) is 10.3 Å². The van der Waals surface area contributed by atoms with Gasteiger partial charge in [0.25, 0.3) is 0 Å². The molecule has 0 radical (unpaired) electrons. The molecule has 0 aliphatic carbocycles. The Morgan fingerprint density at radius 1 is 1.30 bits per heavy atom. The summed E-state index contributed by atoms with van der Waals surface area (Å²) < 4.78 is 42.4. The number of morpholine rings is 1. The van der Waals surface area contributed by atoms with Crippen molar-refractivity contribution >= 4 is 17.8 Å². The van der Waals surface area contributed by atoms with Gasteiger partial charge in [-0.1, -0.05) is 0 Å². The Labute approximate surface area is 187 Å². The lowest BCUT2D eigenvalue weighted by Gasteiger charge is -2.31. The number of carbonyl (C=O) groups is 2. The quantitative estimate of drug-likeness (QED) is 0.620. The van der Waals surface area contributed by atoms with Gasteiger partial charge in [0.1, 0.15) is 23.0 Å². The van der Waals surface area contributed by atoms with Gasteiger partial charge in [-0.3, -0.25) is 0 Å². The Morgan fingerprint density at radius 3 is 2.70 bits per heavy atom. The second kappa shape index (κ2) is 9.02. The second-order valence-corrected chi connectivity index (χ2v) is 7.67. The molecule has 2 aromatic heterocycles. The molecule has 1 unspecified atom stereocenters. The summed E-state index contributed by atoms with van der Waals surface area (Å²) in [5, 5.41) is 11.5. The van der Waals surface area contributed by atoms with Gasteiger partial charge >= 0.3 is 12.2 Å². The maximum Gasteiger partial charge on any atom is 0.412 e. The Balaban J connectivity index is 1.78. The maximum atomic E-state index is 15.1. The Bertz CT molecular complexity index is 1210. The number of hydrogen-bond donors (Lipinski definition) is 2. The number of carbonyl (C=O) groups excluding carboxylic acids is 1. The minimum absolute atomic E-state index is 0.0677. The molecular formula is C22H22F2N4O5. The molecule has 174 valence electrons. The van der Waals surface area contributed by atoms with Crippen LogP contribution < -0.4 is 10.1 Å². The number of aromatic nitrogens is 2. The minimum atomic E-state index is -1.05. The number of halogens is 2. The van der Waals surface area contributed by atoms with Crippen molar-refractivity contribution in [3.63, 3.8) is 0 Å². The number of benzene rings is 1. The number of nitrogens with one attached hydrogen (secondary N) is 1. The third kappa shape index (κ3) is 4.58. The SMILES string of the molecule is CNC(=O)Oc1cc(F)c(-c2nc3cc(C)ccn3c2CC2CN(C(=O)O)CCO2)c(F)c1. The molecule has 2 amide bonds. The van der Waals surface area contributed by atoms with Crippen molar-refractivity contribution in [1.82, 2.24) is 19.6 Å². The first-order valence-electron chi connectivity index (χ1n) is 10.2. The Morgan fingerprint density at radius 2 is 2.03 bits per heavy atom. The molecule has 0 saturated carbocycles. The number of fused-ring (bicyclic) bond motifs is 1. The van der Waals surface area contributed by atoms with Gasteiger partial charge in [0.05, 0.1) is 36.2 Å². The standard InChI is InChI=1S/C22H22F2N4O5/c1-12-3-4-28-17(10-14-11-27(22(30)31)5-6-32-14)20(26-18(28)7-12)19-15(23)8-13(9-16(19)24)33-21(29)25-2/h3-4,7-9,14H,5-6,10-11H2,1-2H3,(H,25,29)(H,30,31). The predicted molar refractivity (Wildman–Crippen MR) is 113 cm³/mol. The summed E-state index contributed by atoms with van der Waals surface area (Å²) in [6.45, 7) is 2.46. The van der Waals surface area contributed by atoms with Crippen LogP contribution >= 0.6 is 0 Å². The highest BCUT2D eigenvalue weighted by molar-refractivity contribution is 5.72. The summed E-state index contributed by atoms with van der Waals surface area (Å²) in [5.74, 6) is -2.19. The minimum Gasteiger partial charge on any atom is -0.465 e. The van der Waals surface area contributed by atoms with E-state index in [0.29, 0.717) is 11.3 Å². The highest BCUT2D eigenvalue weighted by Crippen LogP contribution is 2.33. The average molecular weight is 460 g/mol. The van der Waals surface area contributed by atoms with Gasteiger partial charge in [-0.25, -0.2) is 23.4 Å². The van der Waals surface area contributed by atoms with E-state index < -0.39 is 29.9 Å². The van der Waals surface area contributed by atoms with E-state index in [-0.39, 0.29) is 43.1 Å². The second-order valence-electron chi connectivity index (χ2n) is 7.67. The molecule has 0 bridgehead atoms. The smallest absolute Gasteiger partial charge is 0.412 e. The average Bonchev–Trinajstić information content (AvgIpc) is 3.10. The fraction of sp³-hybridized carbons (Fsp3) is 0.318.